The molecule has 12 nitrogen and oxygen atoms in total. The monoisotopic (exact) mass is 675 g/mol. The van der Waals surface area contributed by atoms with Gasteiger partial charge < -0.3 is 20.3 Å². The Morgan fingerprint density at radius 1 is 1.06 bits per heavy atom. The topological polar surface area (TPSA) is 150 Å². The summed E-state index contributed by atoms with van der Waals surface area (Å²) >= 11 is 0. The molecule has 2 amide bonds. The molecule has 2 aliphatic rings. The summed E-state index contributed by atoms with van der Waals surface area (Å²) in [6.07, 6.45) is 1.31. The van der Waals surface area contributed by atoms with Crippen molar-refractivity contribution in [3.63, 3.8) is 0 Å². The zero-order valence-electron chi connectivity index (χ0n) is 25.9. The number of carbonyl (C=O) groups is 2. The van der Waals surface area contributed by atoms with Crippen LogP contribution in [0.1, 0.15) is 43.6 Å². The van der Waals surface area contributed by atoms with Gasteiger partial charge in [-0.2, -0.15) is 23.4 Å². The first-order chi connectivity index (χ1) is 23.0. The number of halogens is 2. The van der Waals surface area contributed by atoms with Crippen LogP contribution < -0.4 is 20.3 Å². The predicted molar refractivity (Wildman–Crippen MR) is 173 cm³/mol. The van der Waals surface area contributed by atoms with E-state index in [1.54, 1.807) is 13.1 Å². The predicted octanol–water partition coefficient (Wildman–Crippen LogP) is 3.59. The number of nitrogens with one attached hydrogen (secondary N) is 2. The third-order valence-electron chi connectivity index (χ3n) is 8.57. The summed E-state index contributed by atoms with van der Waals surface area (Å²) in [5.74, 6) is -4.41. The van der Waals surface area contributed by atoms with Crippen molar-refractivity contribution < 1.29 is 31.5 Å². The lowest BCUT2D eigenvalue weighted by Gasteiger charge is -2.37. The van der Waals surface area contributed by atoms with Crippen LogP contribution in [-0.2, 0) is 15.9 Å². The summed E-state index contributed by atoms with van der Waals surface area (Å²) in [5.41, 5.74) is 0.124. The highest BCUT2D eigenvalue weighted by Gasteiger charge is 2.50. The van der Waals surface area contributed by atoms with Crippen molar-refractivity contribution in [3.05, 3.63) is 107 Å². The lowest BCUT2D eigenvalue weighted by atomic mass is 9.99. The first-order valence-corrected chi connectivity index (χ1v) is 16.6. The van der Waals surface area contributed by atoms with Gasteiger partial charge in [0.25, 0.3) is 17.7 Å². The van der Waals surface area contributed by atoms with Crippen molar-refractivity contribution in [1.82, 2.24) is 19.4 Å². The molecule has 3 aromatic carbocycles. The molecule has 0 spiro atoms. The molecule has 248 valence electrons. The molecule has 1 saturated heterocycles. The van der Waals surface area contributed by atoms with E-state index in [0.717, 1.165) is 0 Å². The summed E-state index contributed by atoms with van der Waals surface area (Å²) in [5, 5.41) is 19.4. The number of carbonyl (C=O) groups excluding carboxylic acids is 2. The quantitative estimate of drug-likeness (QED) is 0.259. The molecule has 2 atom stereocenters. The minimum absolute atomic E-state index is 0.00324. The SMILES string of the molecule is CNCCS(=O)(=O)N1C[C@@H]2[C@H](C1)N(c1ccc(C(F)(F)c3ccccc3)cc1)C(=O)c1c(NC(=O)c3ccc(OC)c(C#N)c3)cnn12. The van der Waals surface area contributed by atoms with Gasteiger partial charge in [0, 0.05) is 42.0 Å². The Bertz CT molecular complexity index is 2010. The molecule has 2 aliphatic heterocycles. The van der Waals surface area contributed by atoms with Crippen LogP contribution in [0.3, 0.4) is 0 Å². The first kappa shape index (κ1) is 32.8. The van der Waals surface area contributed by atoms with Gasteiger partial charge in [-0.05, 0) is 37.4 Å². The molecule has 0 aliphatic carbocycles. The van der Waals surface area contributed by atoms with E-state index in [9.17, 15) is 23.3 Å². The highest BCUT2D eigenvalue weighted by atomic mass is 32.2. The van der Waals surface area contributed by atoms with Crippen molar-refractivity contribution >= 4 is 33.2 Å². The Hall–Kier alpha value is -5.17. The molecule has 1 fully saturated rings. The first-order valence-electron chi connectivity index (χ1n) is 15.0. The summed E-state index contributed by atoms with van der Waals surface area (Å²) in [6, 6.07) is 17.6. The average Bonchev–Trinajstić information content (AvgIpc) is 3.73. The van der Waals surface area contributed by atoms with Crippen molar-refractivity contribution in [2.75, 3.05) is 49.8 Å². The second kappa shape index (κ2) is 12.8. The van der Waals surface area contributed by atoms with Gasteiger partial charge in [0.05, 0.1) is 42.4 Å². The lowest BCUT2D eigenvalue weighted by Crippen LogP contribution is -2.51. The standard InChI is InChI=1S/C33H31F2N7O5S/c1-37-14-15-48(45,46)40-19-27-28(20-40)42-30(26(18-38-42)39-31(43)21-8-13-29(47-2)22(16-21)17-36)32(44)41(27)25-11-9-24(10-12-25)33(34,35)23-6-4-3-5-7-23/h3-13,16,18,27-28,37H,14-15,19-20H2,1-2H3,(H,39,43)/t27-,28+/m0/s1. The van der Waals surface area contributed by atoms with Crippen LogP contribution in [0.5, 0.6) is 5.75 Å². The summed E-state index contributed by atoms with van der Waals surface area (Å²) in [6.45, 7) is 0.168. The molecule has 15 heteroatoms. The normalized spacial score (nSPS) is 17.8. The van der Waals surface area contributed by atoms with Crippen LogP contribution in [-0.4, -0.2) is 79.9 Å². The molecule has 48 heavy (non-hydrogen) atoms. The van der Waals surface area contributed by atoms with Gasteiger partial charge >= 0.3 is 0 Å². The zero-order chi connectivity index (χ0) is 34.2. The second-order valence-electron chi connectivity index (χ2n) is 11.4. The number of anilines is 2. The number of hydrogen-bond donors (Lipinski definition) is 2. The Morgan fingerprint density at radius 2 is 1.75 bits per heavy atom. The number of fused-ring (bicyclic) bond motifs is 3. The van der Waals surface area contributed by atoms with Crippen LogP contribution in [0.25, 0.3) is 0 Å². The zero-order valence-corrected chi connectivity index (χ0v) is 26.7. The van der Waals surface area contributed by atoms with Crippen LogP contribution in [0.15, 0.2) is 79.0 Å². The summed E-state index contributed by atoms with van der Waals surface area (Å²) in [7, 11) is -0.694. The molecule has 3 heterocycles. The van der Waals surface area contributed by atoms with Crippen LogP contribution >= 0.6 is 0 Å². The summed E-state index contributed by atoms with van der Waals surface area (Å²) < 4.78 is 65.1. The molecule has 0 unspecified atom stereocenters. The Balaban J connectivity index is 1.37. The molecule has 1 aromatic heterocycles. The van der Waals surface area contributed by atoms with Crippen molar-refractivity contribution in [2.45, 2.75) is 18.0 Å². The maximum absolute atomic E-state index is 15.4. The average molecular weight is 676 g/mol. The van der Waals surface area contributed by atoms with Gasteiger partial charge in [-0.15, -0.1) is 0 Å². The summed E-state index contributed by atoms with van der Waals surface area (Å²) in [4.78, 5) is 29.0. The highest BCUT2D eigenvalue weighted by molar-refractivity contribution is 7.89. The molecule has 2 N–H and O–H groups in total. The van der Waals surface area contributed by atoms with Crippen LogP contribution in [0.2, 0.25) is 0 Å². The van der Waals surface area contributed by atoms with Gasteiger partial charge in [-0.25, -0.2) is 8.42 Å². The number of rotatable bonds is 10. The molecule has 6 rings (SSSR count). The maximum Gasteiger partial charge on any atom is 0.298 e. The number of ether oxygens (including phenoxy) is 1. The number of alkyl halides is 2. The Labute approximate surface area is 275 Å². The van der Waals surface area contributed by atoms with Gasteiger partial charge in [0.1, 0.15) is 11.8 Å². The van der Waals surface area contributed by atoms with Gasteiger partial charge in [-0.1, -0.05) is 42.5 Å². The van der Waals surface area contributed by atoms with Crippen molar-refractivity contribution in [1.29, 1.82) is 5.26 Å². The third-order valence-corrected chi connectivity index (χ3v) is 10.4. The van der Waals surface area contributed by atoms with E-state index in [1.807, 2.05) is 6.07 Å². The fourth-order valence-corrected chi connectivity index (χ4v) is 7.56. The Morgan fingerprint density at radius 3 is 2.42 bits per heavy atom. The van der Waals surface area contributed by atoms with Crippen molar-refractivity contribution in [2.24, 2.45) is 0 Å². The van der Waals surface area contributed by atoms with E-state index >= 15 is 8.78 Å². The number of nitrogens with zero attached hydrogens (tertiary/aromatic N) is 5. The molecule has 0 bridgehead atoms. The van der Waals surface area contributed by atoms with Crippen molar-refractivity contribution in [3.8, 4) is 11.8 Å². The minimum Gasteiger partial charge on any atom is -0.495 e. The van der Waals surface area contributed by atoms with Crippen LogP contribution in [0, 0.1) is 11.3 Å². The molecule has 4 aromatic rings. The fraction of sp³-hybridized carbons (Fsp3) is 0.273. The minimum atomic E-state index is -3.74. The van der Waals surface area contributed by atoms with Gasteiger partial charge in [-0.3, -0.25) is 14.3 Å². The smallest absolute Gasteiger partial charge is 0.298 e. The van der Waals surface area contributed by atoms with E-state index < -0.39 is 39.8 Å². The number of nitriles is 1. The van der Waals surface area contributed by atoms with Crippen LogP contribution in [0.4, 0.5) is 20.2 Å². The molecular formula is C33H31F2N7O5S. The van der Waals surface area contributed by atoms with E-state index in [4.69, 9.17) is 4.74 Å². The van der Waals surface area contributed by atoms with E-state index in [2.05, 4.69) is 15.7 Å². The maximum atomic E-state index is 15.4. The second-order valence-corrected chi connectivity index (χ2v) is 13.5. The number of hydrogen-bond acceptors (Lipinski definition) is 8. The van der Waals surface area contributed by atoms with Gasteiger partial charge in [0.15, 0.2) is 5.69 Å². The molecule has 0 radical (unpaired) electrons. The highest BCUT2D eigenvalue weighted by Crippen LogP contribution is 2.41. The number of methoxy groups -OCH3 is 1. The third kappa shape index (κ3) is 5.78. The number of benzene rings is 3. The van der Waals surface area contributed by atoms with Gasteiger partial charge in [0.2, 0.25) is 10.0 Å². The number of aromatic nitrogens is 2. The molecular weight excluding hydrogens is 644 g/mol. The van der Waals surface area contributed by atoms with E-state index in [0.29, 0.717) is 0 Å². The molecule has 0 saturated carbocycles. The Kier molecular flexibility index (Phi) is 8.73. The largest absolute Gasteiger partial charge is 0.495 e. The van der Waals surface area contributed by atoms with E-state index in [1.165, 1.54) is 93.9 Å². The number of amides is 2. The number of sulfonamides is 1. The fourth-order valence-electron chi connectivity index (χ4n) is 6.08. The van der Waals surface area contributed by atoms with E-state index in [-0.39, 0.29) is 70.5 Å². The lowest BCUT2D eigenvalue weighted by molar-refractivity contribution is 0.0428.